The number of nitrogens with zero attached hydrogens (tertiary/aromatic N) is 2. The molecule has 0 aliphatic rings. The van der Waals surface area contributed by atoms with Crippen LogP contribution in [0.25, 0.3) is 16.4 Å². The Balaban J connectivity index is 2.33. The molecule has 0 aromatic carbocycles. The number of thiazole rings is 1. The SMILES string of the molecule is O=C(O)c1cnc2scc(-c3ccco3)n12. The first-order valence-electron chi connectivity index (χ1n) is 4.49. The van der Waals surface area contributed by atoms with Crippen molar-refractivity contribution in [2.24, 2.45) is 0 Å². The van der Waals surface area contributed by atoms with Crippen molar-refractivity contribution in [1.82, 2.24) is 9.38 Å². The fraction of sp³-hybridized carbons (Fsp3) is 0. The number of carbonyl (C=O) groups is 1. The Morgan fingerprint density at radius 1 is 1.56 bits per heavy atom. The largest absolute Gasteiger partial charge is 0.477 e. The number of carboxylic acid groups (broad SMARTS) is 1. The van der Waals surface area contributed by atoms with Gasteiger partial charge in [0.05, 0.1) is 12.5 Å². The molecule has 0 aliphatic heterocycles. The minimum atomic E-state index is -1.00. The molecule has 3 aromatic rings. The molecule has 0 amide bonds. The maximum atomic E-state index is 11.0. The van der Waals surface area contributed by atoms with E-state index in [0.29, 0.717) is 16.4 Å². The molecule has 0 unspecified atom stereocenters. The number of imidazole rings is 1. The van der Waals surface area contributed by atoms with E-state index in [1.807, 2.05) is 5.38 Å². The summed E-state index contributed by atoms with van der Waals surface area (Å²) in [6, 6.07) is 3.54. The van der Waals surface area contributed by atoms with Crippen LogP contribution < -0.4 is 0 Å². The predicted molar refractivity (Wildman–Crippen MR) is 57.7 cm³/mol. The fourth-order valence-corrected chi connectivity index (χ4v) is 2.41. The maximum absolute atomic E-state index is 11.0. The van der Waals surface area contributed by atoms with Gasteiger partial charge in [-0.05, 0) is 12.1 Å². The minimum Gasteiger partial charge on any atom is -0.477 e. The summed E-state index contributed by atoms with van der Waals surface area (Å²) in [5, 5.41) is 10.9. The van der Waals surface area contributed by atoms with E-state index in [0.717, 1.165) is 0 Å². The molecule has 0 atom stereocenters. The second kappa shape index (κ2) is 3.21. The van der Waals surface area contributed by atoms with E-state index < -0.39 is 5.97 Å². The standard InChI is InChI=1S/C10H6N2O3S/c13-9(14)6-4-11-10-12(6)7(5-16-10)8-2-1-3-15-8/h1-5H,(H,13,14). The summed E-state index contributed by atoms with van der Waals surface area (Å²) < 4.78 is 6.83. The number of aromatic carboxylic acids is 1. The average molecular weight is 234 g/mol. The van der Waals surface area contributed by atoms with Crippen molar-refractivity contribution in [3.8, 4) is 11.5 Å². The van der Waals surface area contributed by atoms with E-state index in [2.05, 4.69) is 4.98 Å². The van der Waals surface area contributed by atoms with Gasteiger partial charge in [-0.2, -0.15) is 0 Å². The van der Waals surface area contributed by atoms with Gasteiger partial charge in [0.1, 0.15) is 5.69 Å². The van der Waals surface area contributed by atoms with E-state index in [1.54, 1.807) is 22.8 Å². The van der Waals surface area contributed by atoms with Crippen LogP contribution in [0.4, 0.5) is 0 Å². The molecule has 16 heavy (non-hydrogen) atoms. The Morgan fingerprint density at radius 2 is 2.44 bits per heavy atom. The molecule has 3 aromatic heterocycles. The van der Waals surface area contributed by atoms with Crippen molar-refractivity contribution in [2.75, 3.05) is 0 Å². The third kappa shape index (κ3) is 1.17. The van der Waals surface area contributed by atoms with Gasteiger partial charge >= 0.3 is 5.97 Å². The van der Waals surface area contributed by atoms with Crippen LogP contribution in [0, 0.1) is 0 Å². The smallest absolute Gasteiger partial charge is 0.354 e. The van der Waals surface area contributed by atoms with Crippen molar-refractivity contribution in [2.45, 2.75) is 0 Å². The number of aromatic nitrogens is 2. The molecule has 0 bridgehead atoms. The van der Waals surface area contributed by atoms with Crippen molar-refractivity contribution in [3.05, 3.63) is 35.7 Å². The van der Waals surface area contributed by atoms with Crippen LogP contribution in [-0.4, -0.2) is 20.5 Å². The molecule has 1 N–H and O–H groups in total. The maximum Gasteiger partial charge on any atom is 0.354 e. The van der Waals surface area contributed by atoms with E-state index in [-0.39, 0.29) is 5.69 Å². The van der Waals surface area contributed by atoms with E-state index in [9.17, 15) is 4.79 Å². The second-order valence-corrected chi connectivity index (χ2v) is 4.00. The predicted octanol–water partition coefficient (Wildman–Crippen LogP) is 2.35. The van der Waals surface area contributed by atoms with Gasteiger partial charge in [0.2, 0.25) is 0 Å². The molecule has 0 aliphatic carbocycles. The number of hydrogen-bond donors (Lipinski definition) is 1. The fourth-order valence-electron chi connectivity index (χ4n) is 1.56. The van der Waals surface area contributed by atoms with Crippen LogP contribution in [0.2, 0.25) is 0 Å². The third-order valence-electron chi connectivity index (χ3n) is 2.24. The first-order valence-corrected chi connectivity index (χ1v) is 5.37. The molecule has 0 fully saturated rings. The van der Waals surface area contributed by atoms with Crippen LogP contribution in [-0.2, 0) is 0 Å². The molecule has 6 heteroatoms. The highest BCUT2D eigenvalue weighted by Gasteiger charge is 2.17. The minimum absolute atomic E-state index is 0.141. The topological polar surface area (TPSA) is 67.7 Å². The molecule has 0 spiro atoms. The molecular weight excluding hydrogens is 228 g/mol. The zero-order valence-electron chi connectivity index (χ0n) is 7.95. The zero-order valence-corrected chi connectivity index (χ0v) is 8.77. The monoisotopic (exact) mass is 234 g/mol. The van der Waals surface area contributed by atoms with Crippen LogP contribution in [0.1, 0.15) is 10.5 Å². The summed E-state index contributed by atoms with van der Waals surface area (Å²) in [5.74, 6) is -0.370. The number of furan rings is 1. The van der Waals surface area contributed by atoms with Crippen molar-refractivity contribution in [3.63, 3.8) is 0 Å². The third-order valence-corrected chi connectivity index (χ3v) is 3.08. The number of fused-ring (bicyclic) bond motifs is 1. The highest BCUT2D eigenvalue weighted by atomic mass is 32.1. The molecule has 3 heterocycles. The highest BCUT2D eigenvalue weighted by molar-refractivity contribution is 7.15. The van der Waals surface area contributed by atoms with Gasteiger partial charge in [-0.3, -0.25) is 4.40 Å². The van der Waals surface area contributed by atoms with Gasteiger partial charge in [-0.1, -0.05) is 0 Å². The lowest BCUT2D eigenvalue weighted by Crippen LogP contribution is -2.01. The Morgan fingerprint density at radius 3 is 3.12 bits per heavy atom. The van der Waals surface area contributed by atoms with Crippen molar-refractivity contribution in [1.29, 1.82) is 0 Å². The first-order chi connectivity index (χ1) is 7.77. The normalized spacial score (nSPS) is 11.0. The molecule has 0 radical (unpaired) electrons. The van der Waals surface area contributed by atoms with Gasteiger partial charge in [0.25, 0.3) is 0 Å². The summed E-state index contributed by atoms with van der Waals surface area (Å²) in [6.45, 7) is 0. The van der Waals surface area contributed by atoms with Gasteiger partial charge in [-0.15, -0.1) is 11.3 Å². The Bertz CT molecular complexity index is 651. The summed E-state index contributed by atoms with van der Waals surface area (Å²) in [6.07, 6.45) is 2.90. The first kappa shape index (κ1) is 9.17. The molecule has 80 valence electrons. The van der Waals surface area contributed by atoms with Crippen molar-refractivity contribution < 1.29 is 14.3 Å². The van der Waals surface area contributed by atoms with Gasteiger partial charge in [0, 0.05) is 5.38 Å². The molecule has 0 saturated carbocycles. The molecule has 0 saturated heterocycles. The van der Waals surface area contributed by atoms with E-state index in [1.165, 1.54) is 17.5 Å². The lowest BCUT2D eigenvalue weighted by molar-refractivity contribution is 0.0689. The highest BCUT2D eigenvalue weighted by Crippen LogP contribution is 2.27. The van der Waals surface area contributed by atoms with Gasteiger partial charge < -0.3 is 9.52 Å². The summed E-state index contributed by atoms with van der Waals surface area (Å²) >= 11 is 1.38. The number of hydrogen-bond acceptors (Lipinski definition) is 4. The number of carboxylic acids is 1. The average Bonchev–Trinajstić information content (AvgIpc) is 2.93. The Hall–Kier alpha value is -2.08. The quantitative estimate of drug-likeness (QED) is 0.739. The van der Waals surface area contributed by atoms with Gasteiger partial charge in [0.15, 0.2) is 16.4 Å². The second-order valence-electron chi connectivity index (χ2n) is 3.16. The molecular formula is C10H6N2O3S. The van der Waals surface area contributed by atoms with Crippen molar-refractivity contribution >= 4 is 22.3 Å². The van der Waals surface area contributed by atoms with Crippen LogP contribution >= 0.6 is 11.3 Å². The summed E-state index contributed by atoms with van der Waals surface area (Å²) in [5.41, 5.74) is 0.850. The van der Waals surface area contributed by atoms with Crippen LogP contribution in [0.15, 0.2) is 34.4 Å². The van der Waals surface area contributed by atoms with Crippen LogP contribution in [0.5, 0.6) is 0 Å². The van der Waals surface area contributed by atoms with Gasteiger partial charge in [-0.25, -0.2) is 9.78 Å². The molecule has 5 nitrogen and oxygen atoms in total. The van der Waals surface area contributed by atoms with Crippen LogP contribution in [0.3, 0.4) is 0 Å². The Labute approximate surface area is 93.6 Å². The Kier molecular flexibility index (Phi) is 1.84. The lowest BCUT2D eigenvalue weighted by atomic mass is 10.3. The van der Waals surface area contributed by atoms with E-state index in [4.69, 9.17) is 9.52 Å². The summed E-state index contributed by atoms with van der Waals surface area (Å²) in [7, 11) is 0. The number of rotatable bonds is 2. The lowest BCUT2D eigenvalue weighted by Gasteiger charge is -1.96. The summed E-state index contributed by atoms with van der Waals surface area (Å²) in [4.78, 5) is 15.7. The van der Waals surface area contributed by atoms with E-state index >= 15 is 0 Å². The zero-order chi connectivity index (χ0) is 11.1. The molecule has 3 rings (SSSR count).